The first kappa shape index (κ1) is 12.5. The van der Waals surface area contributed by atoms with Gasteiger partial charge in [0, 0.05) is 25.2 Å². The van der Waals surface area contributed by atoms with Crippen LogP contribution in [0.1, 0.15) is 12.8 Å². The molecule has 0 aliphatic carbocycles. The van der Waals surface area contributed by atoms with Gasteiger partial charge in [-0.2, -0.15) is 0 Å². The number of hydrogen-bond donors (Lipinski definition) is 1. The zero-order valence-electron chi connectivity index (χ0n) is 8.15. The highest BCUT2D eigenvalue weighted by molar-refractivity contribution is 5.85. The van der Waals surface area contributed by atoms with Crippen molar-refractivity contribution in [1.82, 2.24) is 10.2 Å². The van der Waals surface area contributed by atoms with E-state index in [-0.39, 0.29) is 24.8 Å². The normalized spacial score (nSPS) is 40.7. The first-order valence-electron chi connectivity index (χ1n) is 5.01. The van der Waals surface area contributed by atoms with Crippen molar-refractivity contribution >= 4 is 24.8 Å². The summed E-state index contributed by atoms with van der Waals surface area (Å²) in [6.45, 7) is 4.58. The SMILES string of the molecule is C1C[C@@H](N2C[C@@H]3C[C@H]2CO3)CN1.Cl.Cl. The van der Waals surface area contributed by atoms with Crippen molar-refractivity contribution in [3.63, 3.8) is 0 Å². The Morgan fingerprint density at radius 2 is 2.07 bits per heavy atom. The fourth-order valence-corrected chi connectivity index (χ4v) is 2.80. The molecule has 0 radical (unpaired) electrons. The van der Waals surface area contributed by atoms with Gasteiger partial charge in [-0.3, -0.25) is 4.90 Å². The lowest BCUT2D eigenvalue weighted by molar-refractivity contribution is 0.0150. The summed E-state index contributed by atoms with van der Waals surface area (Å²) >= 11 is 0. The van der Waals surface area contributed by atoms with Crippen LogP contribution in [0.25, 0.3) is 0 Å². The van der Waals surface area contributed by atoms with Gasteiger partial charge in [-0.25, -0.2) is 0 Å². The molecule has 3 saturated heterocycles. The number of likely N-dealkylation sites (tertiary alicyclic amines) is 1. The second kappa shape index (κ2) is 4.99. The quantitative estimate of drug-likeness (QED) is 0.730. The average Bonchev–Trinajstić information content (AvgIpc) is 2.81. The van der Waals surface area contributed by atoms with E-state index in [1.807, 2.05) is 0 Å². The Labute approximate surface area is 97.4 Å². The second-order valence-corrected chi connectivity index (χ2v) is 4.19. The topological polar surface area (TPSA) is 24.5 Å². The van der Waals surface area contributed by atoms with Crippen molar-refractivity contribution in [1.29, 1.82) is 0 Å². The Morgan fingerprint density at radius 3 is 2.57 bits per heavy atom. The average molecular weight is 241 g/mol. The van der Waals surface area contributed by atoms with E-state index in [1.54, 1.807) is 0 Å². The molecule has 3 heterocycles. The molecule has 3 atom stereocenters. The Hall–Kier alpha value is 0.460. The molecule has 3 nitrogen and oxygen atoms in total. The zero-order chi connectivity index (χ0) is 7.97. The van der Waals surface area contributed by atoms with Gasteiger partial charge in [0.15, 0.2) is 0 Å². The number of hydrogen-bond acceptors (Lipinski definition) is 3. The van der Waals surface area contributed by atoms with Crippen LogP contribution in [0, 0.1) is 0 Å². The highest BCUT2D eigenvalue weighted by Crippen LogP contribution is 2.30. The minimum atomic E-state index is 0. The predicted molar refractivity (Wildman–Crippen MR) is 60.6 cm³/mol. The molecule has 0 aromatic heterocycles. The minimum absolute atomic E-state index is 0. The van der Waals surface area contributed by atoms with Gasteiger partial charge in [0.25, 0.3) is 0 Å². The standard InChI is InChI=1S/C9H16N2O.2ClH/c1-2-10-4-7(1)11-5-9-3-8(11)6-12-9;;/h7-10H,1-6H2;2*1H/t7-,8+,9+;;/m1../s1. The van der Waals surface area contributed by atoms with Crippen molar-refractivity contribution < 1.29 is 4.74 Å². The maximum Gasteiger partial charge on any atom is 0.0718 e. The van der Waals surface area contributed by atoms with Crippen molar-refractivity contribution in [2.75, 3.05) is 26.2 Å². The van der Waals surface area contributed by atoms with Crippen LogP contribution < -0.4 is 5.32 Å². The maximum atomic E-state index is 5.58. The summed E-state index contributed by atoms with van der Waals surface area (Å²) in [7, 11) is 0. The van der Waals surface area contributed by atoms with E-state index < -0.39 is 0 Å². The number of ether oxygens (including phenoxy) is 1. The second-order valence-electron chi connectivity index (χ2n) is 4.19. The summed E-state index contributed by atoms with van der Waals surface area (Å²) in [6.07, 6.45) is 3.19. The van der Waals surface area contributed by atoms with Crippen LogP contribution in [0.3, 0.4) is 0 Å². The molecule has 3 rings (SSSR count). The minimum Gasteiger partial charge on any atom is -0.375 e. The predicted octanol–water partition coefficient (Wildman–Crippen LogP) is 0.665. The molecule has 3 aliphatic heterocycles. The summed E-state index contributed by atoms with van der Waals surface area (Å²) in [5.41, 5.74) is 0. The summed E-state index contributed by atoms with van der Waals surface area (Å²) in [5.74, 6) is 0. The highest BCUT2D eigenvalue weighted by Gasteiger charge is 2.42. The van der Waals surface area contributed by atoms with Gasteiger partial charge in [0.05, 0.1) is 12.7 Å². The van der Waals surface area contributed by atoms with Gasteiger partial charge in [-0.1, -0.05) is 0 Å². The number of morpholine rings is 1. The van der Waals surface area contributed by atoms with E-state index in [0.717, 1.165) is 18.7 Å². The van der Waals surface area contributed by atoms with Crippen LogP contribution in [0.5, 0.6) is 0 Å². The highest BCUT2D eigenvalue weighted by atomic mass is 35.5. The van der Waals surface area contributed by atoms with E-state index in [0.29, 0.717) is 6.10 Å². The number of rotatable bonds is 1. The van der Waals surface area contributed by atoms with Crippen molar-refractivity contribution in [2.45, 2.75) is 31.0 Å². The van der Waals surface area contributed by atoms with Gasteiger partial charge >= 0.3 is 0 Å². The number of fused-ring (bicyclic) bond motifs is 2. The lowest BCUT2D eigenvalue weighted by Crippen LogP contribution is -2.45. The van der Waals surface area contributed by atoms with Gasteiger partial charge < -0.3 is 10.1 Å². The van der Waals surface area contributed by atoms with Crippen LogP contribution in [0.15, 0.2) is 0 Å². The molecule has 5 heteroatoms. The lowest BCUT2D eigenvalue weighted by Gasteiger charge is -2.31. The van der Waals surface area contributed by atoms with Crippen LogP contribution in [0.4, 0.5) is 0 Å². The molecular weight excluding hydrogens is 223 g/mol. The molecular formula is C9H18Cl2N2O. The first-order valence-corrected chi connectivity index (χ1v) is 5.01. The summed E-state index contributed by atoms with van der Waals surface area (Å²) in [4.78, 5) is 2.66. The Bertz CT molecular complexity index is 188. The lowest BCUT2D eigenvalue weighted by atomic mass is 10.2. The van der Waals surface area contributed by atoms with Crippen LogP contribution in [-0.4, -0.2) is 49.3 Å². The van der Waals surface area contributed by atoms with E-state index >= 15 is 0 Å². The molecule has 0 spiro atoms. The molecule has 84 valence electrons. The molecule has 1 N–H and O–H groups in total. The molecule has 3 fully saturated rings. The van der Waals surface area contributed by atoms with Crippen LogP contribution in [0.2, 0.25) is 0 Å². The molecule has 0 unspecified atom stereocenters. The summed E-state index contributed by atoms with van der Waals surface area (Å²) < 4.78 is 5.58. The molecule has 2 bridgehead atoms. The van der Waals surface area contributed by atoms with E-state index in [1.165, 1.54) is 32.5 Å². The van der Waals surface area contributed by atoms with Crippen molar-refractivity contribution in [2.24, 2.45) is 0 Å². The molecule has 0 aromatic carbocycles. The van der Waals surface area contributed by atoms with E-state index in [4.69, 9.17) is 4.74 Å². The smallest absolute Gasteiger partial charge is 0.0718 e. The first-order chi connectivity index (χ1) is 5.93. The summed E-state index contributed by atoms with van der Waals surface area (Å²) in [6, 6.07) is 1.56. The third kappa shape index (κ3) is 2.02. The molecule has 0 amide bonds. The fourth-order valence-electron chi connectivity index (χ4n) is 2.80. The molecule has 14 heavy (non-hydrogen) atoms. The maximum absolute atomic E-state index is 5.58. The van der Waals surface area contributed by atoms with Crippen molar-refractivity contribution in [3.8, 4) is 0 Å². The Morgan fingerprint density at radius 1 is 1.21 bits per heavy atom. The van der Waals surface area contributed by atoms with Gasteiger partial charge in [-0.05, 0) is 19.4 Å². The monoisotopic (exact) mass is 240 g/mol. The van der Waals surface area contributed by atoms with E-state index in [2.05, 4.69) is 10.2 Å². The third-order valence-electron chi connectivity index (χ3n) is 3.45. The number of nitrogens with zero attached hydrogens (tertiary/aromatic N) is 1. The number of halogens is 2. The number of nitrogens with one attached hydrogen (secondary N) is 1. The van der Waals surface area contributed by atoms with Crippen LogP contribution in [-0.2, 0) is 4.74 Å². The fraction of sp³-hybridized carbons (Fsp3) is 1.00. The zero-order valence-corrected chi connectivity index (χ0v) is 9.78. The third-order valence-corrected chi connectivity index (χ3v) is 3.45. The Kier molecular flexibility index (Phi) is 4.47. The summed E-state index contributed by atoms with van der Waals surface area (Å²) in [5, 5.41) is 3.43. The van der Waals surface area contributed by atoms with Gasteiger partial charge in [0.1, 0.15) is 0 Å². The molecule has 0 aromatic rings. The molecule has 3 aliphatic rings. The van der Waals surface area contributed by atoms with Crippen LogP contribution >= 0.6 is 24.8 Å². The molecule has 0 saturated carbocycles. The van der Waals surface area contributed by atoms with Gasteiger partial charge in [0.2, 0.25) is 0 Å². The largest absolute Gasteiger partial charge is 0.375 e. The van der Waals surface area contributed by atoms with Gasteiger partial charge in [-0.15, -0.1) is 24.8 Å². The van der Waals surface area contributed by atoms with Crippen molar-refractivity contribution in [3.05, 3.63) is 0 Å². The van der Waals surface area contributed by atoms with E-state index in [9.17, 15) is 0 Å². The Balaban J connectivity index is 0.000000490.